The summed E-state index contributed by atoms with van der Waals surface area (Å²) >= 11 is 0. The van der Waals surface area contributed by atoms with E-state index in [1.807, 2.05) is 0 Å². The van der Waals surface area contributed by atoms with Crippen LogP contribution in [-0.4, -0.2) is 24.3 Å². The van der Waals surface area contributed by atoms with Crippen LogP contribution in [0.2, 0.25) is 0 Å². The fourth-order valence-corrected chi connectivity index (χ4v) is 0.983. The van der Waals surface area contributed by atoms with E-state index in [-0.39, 0.29) is 18.1 Å². The maximum Gasteiger partial charge on any atom is 0.0684 e. The smallest absolute Gasteiger partial charge is 0.0684 e. The number of hydrogen-bond donors (Lipinski definition) is 2. The highest BCUT2D eigenvalue weighted by atomic mass is 16.3. The van der Waals surface area contributed by atoms with Crippen LogP contribution in [0.4, 0.5) is 0 Å². The molecule has 0 bridgehead atoms. The molecule has 0 saturated carbocycles. The Morgan fingerprint density at radius 3 is 2.46 bits per heavy atom. The van der Waals surface area contributed by atoms with Crippen LogP contribution in [0.15, 0.2) is 0 Å². The van der Waals surface area contributed by atoms with E-state index in [9.17, 15) is 0 Å². The van der Waals surface area contributed by atoms with Crippen molar-refractivity contribution in [2.45, 2.75) is 39.7 Å². The summed E-state index contributed by atoms with van der Waals surface area (Å²) in [6.07, 6.45) is 7.21. The number of terminal acetylenes is 1. The Morgan fingerprint density at radius 1 is 1.54 bits per heavy atom. The van der Waals surface area contributed by atoms with Gasteiger partial charge >= 0.3 is 0 Å². The third-order valence-electron chi connectivity index (χ3n) is 2.62. The van der Waals surface area contributed by atoms with Crippen LogP contribution < -0.4 is 5.32 Å². The first kappa shape index (κ1) is 12.5. The summed E-state index contributed by atoms with van der Waals surface area (Å²) in [6, 6.07) is 0.137. The topological polar surface area (TPSA) is 32.3 Å². The van der Waals surface area contributed by atoms with Gasteiger partial charge in [-0.2, -0.15) is 0 Å². The summed E-state index contributed by atoms with van der Waals surface area (Å²) in [5.41, 5.74) is -0.0374. The monoisotopic (exact) mass is 183 g/mol. The molecule has 2 nitrogen and oxygen atoms in total. The number of nitrogens with one attached hydrogen (secondary N) is 1. The maximum atomic E-state index is 9.15. The molecule has 0 aromatic carbocycles. The Morgan fingerprint density at radius 2 is 2.15 bits per heavy atom. The second-order valence-electron chi connectivity index (χ2n) is 3.83. The second-order valence-corrected chi connectivity index (χ2v) is 3.83. The summed E-state index contributed by atoms with van der Waals surface area (Å²) in [6.45, 7) is 7.18. The normalized spacial score (nSPS) is 17.5. The largest absolute Gasteiger partial charge is 0.396 e. The highest BCUT2D eigenvalue weighted by Crippen LogP contribution is 2.18. The molecule has 0 aromatic heterocycles. The maximum absolute atomic E-state index is 9.15. The second kappa shape index (κ2) is 6.01. The molecule has 0 aliphatic rings. The molecule has 0 spiro atoms. The SMILES string of the molecule is C#CC(CC)NCC(C)(CC)CO. The van der Waals surface area contributed by atoms with Gasteiger partial charge in [-0.25, -0.2) is 0 Å². The van der Waals surface area contributed by atoms with Crippen LogP contribution in [0.25, 0.3) is 0 Å². The molecule has 76 valence electrons. The Kier molecular flexibility index (Phi) is 5.77. The van der Waals surface area contributed by atoms with Crippen molar-refractivity contribution in [2.24, 2.45) is 5.41 Å². The minimum absolute atomic E-state index is 0.0374. The number of aliphatic hydroxyl groups is 1. The van der Waals surface area contributed by atoms with Crippen molar-refractivity contribution >= 4 is 0 Å². The predicted molar refractivity (Wildman–Crippen MR) is 56.4 cm³/mol. The molecule has 0 fully saturated rings. The Hall–Kier alpha value is -0.520. The van der Waals surface area contributed by atoms with E-state index in [1.54, 1.807) is 0 Å². The number of aliphatic hydroxyl groups excluding tert-OH is 1. The lowest BCUT2D eigenvalue weighted by Crippen LogP contribution is -2.39. The van der Waals surface area contributed by atoms with Crippen LogP contribution in [0, 0.1) is 17.8 Å². The minimum Gasteiger partial charge on any atom is -0.396 e. The van der Waals surface area contributed by atoms with E-state index < -0.39 is 0 Å². The van der Waals surface area contributed by atoms with E-state index in [1.165, 1.54) is 0 Å². The van der Waals surface area contributed by atoms with Crippen molar-refractivity contribution < 1.29 is 5.11 Å². The lowest BCUT2D eigenvalue weighted by Gasteiger charge is -2.27. The molecule has 0 aliphatic carbocycles. The number of rotatable bonds is 6. The van der Waals surface area contributed by atoms with Gasteiger partial charge in [0.2, 0.25) is 0 Å². The van der Waals surface area contributed by atoms with E-state index in [0.717, 1.165) is 19.4 Å². The first-order valence-electron chi connectivity index (χ1n) is 4.92. The van der Waals surface area contributed by atoms with Crippen molar-refractivity contribution in [1.29, 1.82) is 0 Å². The van der Waals surface area contributed by atoms with Crippen LogP contribution >= 0.6 is 0 Å². The van der Waals surface area contributed by atoms with Crippen molar-refractivity contribution in [1.82, 2.24) is 5.32 Å². The molecule has 0 rings (SSSR count). The van der Waals surface area contributed by atoms with Gasteiger partial charge in [0.1, 0.15) is 0 Å². The Balaban J connectivity index is 3.92. The third-order valence-corrected chi connectivity index (χ3v) is 2.62. The summed E-state index contributed by atoms with van der Waals surface area (Å²) in [5, 5.41) is 12.4. The fraction of sp³-hybridized carbons (Fsp3) is 0.818. The van der Waals surface area contributed by atoms with Gasteiger partial charge < -0.3 is 10.4 Å². The summed E-state index contributed by atoms with van der Waals surface area (Å²) in [7, 11) is 0. The molecule has 0 aromatic rings. The van der Waals surface area contributed by atoms with Crippen LogP contribution in [-0.2, 0) is 0 Å². The molecule has 0 aliphatic heterocycles. The van der Waals surface area contributed by atoms with Gasteiger partial charge in [-0.05, 0) is 12.8 Å². The van der Waals surface area contributed by atoms with Crippen molar-refractivity contribution in [3.63, 3.8) is 0 Å². The molecular weight excluding hydrogens is 162 g/mol. The fourth-order valence-electron chi connectivity index (χ4n) is 0.983. The van der Waals surface area contributed by atoms with E-state index in [2.05, 4.69) is 32.0 Å². The highest BCUT2D eigenvalue weighted by Gasteiger charge is 2.21. The zero-order valence-electron chi connectivity index (χ0n) is 8.93. The van der Waals surface area contributed by atoms with Crippen LogP contribution in [0.1, 0.15) is 33.6 Å². The lowest BCUT2D eigenvalue weighted by molar-refractivity contribution is 0.133. The molecule has 13 heavy (non-hydrogen) atoms. The van der Waals surface area contributed by atoms with Crippen molar-refractivity contribution in [3.05, 3.63) is 0 Å². The summed E-state index contributed by atoms with van der Waals surface area (Å²) in [5.74, 6) is 2.68. The molecule has 2 atom stereocenters. The molecule has 2 N–H and O–H groups in total. The molecule has 0 heterocycles. The van der Waals surface area contributed by atoms with E-state index in [0.29, 0.717) is 0 Å². The summed E-state index contributed by atoms with van der Waals surface area (Å²) in [4.78, 5) is 0. The molecule has 2 heteroatoms. The average Bonchev–Trinajstić information content (AvgIpc) is 2.19. The van der Waals surface area contributed by atoms with Gasteiger partial charge in [-0.15, -0.1) is 6.42 Å². The van der Waals surface area contributed by atoms with Crippen LogP contribution in [0.5, 0.6) is 0 Å². The van der Waals surface area contributed by atoms with Crippen molar-refractivity contribution in [3.8, 4) is 12.3 Å². The molecule has 2 unspecified atom stereocenters. The first-order valence-corrected chi connectivity index (χ1v) is 4.92. The predicted octanol–water partition coefficient (Wildman–Crippen LogP) is 1.40. The van der Waals surface area contributed by atoms with Crippen LogP contribution in [0.3, 0.4) is 0 Å². The highest BCUT2D eigenvalue weighted by molar-refractivity contribution is 4.98. The van der Waals surface area contributed by atoms with E-state index >= 15 is 0 Å². The number of hydrogen-bond acceptors (Lipinski definition) is 2. The molecule has 0 amide bonds. The molecule has 0 saturated heterocycles. The van der Waals surface area contributed by atoms with Gasteiger partial charge in [0.25, 0.3) is 0 Å². The molecule has 0 radical (unpaired) electrons. The van der Waals surface area contributed by atoms with Gasteiger partial charge in [0.05, 0.1) is 6.04 Å². The Bertz CT molecular complexity index is 167. The van der Waals surface area contributed by atoms with Gasteiger partial charge in [-0.3, -0.25) is 0 Å². The third kappa shape index (κ3) is 4.31. The first-order chi connectivity index (χ1) is 6.11. The quantitative estimate of drug-likeness (QED) is 0.610. The standard InChI is InChI=1S/C11H21NO/c1-5-10(6-2)12-8-11(4,7-3)9-13/h1,10,12-13H,6-9H2,2-4H3. The van der Waals surface area contributed by atoms with Crippen molar-refractivity contribution in [2.75, 3.05) is 13.2 Å². The lowest BCUT2D eigenvalue weighted by atomic mass is 9.88. The Labute approximate surface area is 81.7 Å². The zero-order valence-corrected chi connectivity index (χ0v) is 8.93. The average molecular weight is 183 g/mol. The van der Waals surface area contributed by atoms with Gasteiger partial charge in [0.15, 0.2) is 0 Å². The van der Waals surface area contributed by atoms with E-state index in [4.69, 9.17) is 11.5 Å². The zero-order chi connectivity index (χ0) is 10.3. The molecular formula is C11H21NO. The van der Waals surface area contributed by atoms with Gasteiger partial charge in [-0.1, -0.05) is 26.7 Å². The van der Waals surface area contributed by atoms with Gasteiger partial charge in [0, 0.05) is 18.6 Å². The summed E-state index contributed by atoms with van der Waals surface area (Å²) < 4.78 is 0. The minimum atomic E-state index is -0.0374.